The maximum Gasteiger partial charge on any atom is 0.257 e. The summed E-state index contributed by atoms with van der Waals surface area (Å²) in [6, 6.07) is 8.20. The van der Waals surface area contributed by atoms with Crippen molar-refractivity contribution < 1.29 is 13.6 Å². The molecule has 0 saturated carbocycles. The number of carbonyl (C=O) groups excluding carboxylic acids is 1. The fourth-order valence-electron chi connectivity index (χ4n) is 1.99. The van der Waals surface area contributed by atoms with E-state index in [0.29, 0.717) is 12.4 Å². The molecule has 1 N–H and O–H groups in total. The van der Waals surface area contributed by atoms with Gasteiger partial charge in [0, 0.05) is 22.6 Å². The van der Waals surface area contributed by atoms with Crippen LogP contribution in [0.25, 0.3) is 0 Å². The standard InChI is InChI=1S/C15H11F2N3OS/c16-11-6-10(7-12(17)8-11)15(21)19-14-3-4-18-20(14)9-13-2-1-5-22-13/h1-8H,9H2,(H,19,21). The summed E-state index contributed by atoms with van der Waals surface area (Å²) in [6.45, 7) is 0.512. The van der Waals surface area contributed by atoms with Gasteiger partial charge in [-0.15, -0.1) is 11.3 Å². The molecule has 7 heteroatoms. The van der Waals surface area contributed by atoms with Gasteiger partial charge in [0.15, 0.2) is 0 Å². The topological polar surface area (TPSA) is 46.9 Å². The van der Waals surface area contributed by atoms with Crippen LogP contribution in [0, 0.1) is 11.6 Å². The second kappa shape index (κ2) is 6.07. The van der Waals surface area contributed by atoms with Crippen molar-refractivity contribution in [1.29, 1.82) is 0 Å². The lowest BCUT2D eigenvalue weighted by Crippen LogP contribution is -2.16. The van der Waals surface area contributed by atoms with E-state index in [0.717, 1.165) is 23.1 Å². The molecule has 0 fully saturated rings. The zero-order valence-corrected chi connectivity index (χ0v) is 12.1. The highest BCUT2D eigenvalue weighted by Gasteiger charge is 2.12. The highest BCUT2D eigenvalue weighted by atomic mass is 32.1. The third-order valence-electron chi connectivity index (χ3n) is 2.97. The Bertz CT molecular complexity index is 779. The number of nitrogens with zero attached hydrogens (tertiary/aromatic N) is 2. The van der Waals surface area contributed by atoms with Crippen LogP contribution >= 0.6 is 11.3 Å². The molecule has 3 rings (SSSR count). The van der Waals surface area contributed by atoms with Gasteiger partial charge in [-0.25, -0.2) is 13.5 Å². The quantitative estimate of drug-likeness (QED) is 0.800. The van der Waals surface area contributed by atoms with Crippen molar-refractivity contribution in [2.75, 3.05) is 5.32 Å². The number of thiophene rings is 1. The Hall–Kier alpha value is -2.54. The van der Waals surface area contributed by atoms with Crippen LogP contribution in [0.3, 0.4) is 0 Å². The van der Waals surface area contributed by atoms with Gasteiger partial charge in [-0.1, -0.05) is 6.07 Å². The maximum absolute atomic E-state index is 13.2. The van der Waals surface area contributed by atoms with Gasteiger partial charge in [-0.05, 0) is 23.6 Å². The third-order valence-corrected chi connectivity index (χ3v) is 3.83. The first kappa shape index (κ1) is 14.4. The van der Waals surface area contributed by atoms with E-state index in [1.54, 1.807) is 28.3 Å². The fraction of sp³-hybridized carbons (Fsp3) is 0.0667. The van der Waals surface area contributed by atoms with E-state index in [-0.39, 0.29) is 5.56 Å². The van der Waals surface area contributed by atoms with E-state index < -0.39 is 17.5 Å². The number of nitrogens with one attached hydrogen (secondary N) is 1. The highest BCUT2D eigenvalue weighted by molar-refractivity contribution is 7.09. The molecule has 0 spiro atoms. The molecule has 1 amide bonds. The van der Waals surface area contributed by atoms with Gasteiger partial charge in [0.2, 0.25) is 0 Å². The van der Waals surface area contributed by atoms with Gasteiger partial charge >= 0.3 is 0 Å². The zero-order valence-electron chi connectivity index (χ0n) is 11.3. The van der Waals surface area contributed by atoms with E-state index in [1.165, 1.54) is 0 Å². The van der Waals surface area contributed by atoms with E-state index in [1.807, 2.05) is 17.5 Å². The molecule has 0 bridgehead atoms. The minimum Gasteiger partial charge on any atom is -0.307 e. The summed E-state index contributed by atoms with van der Waals surface area (Å²) in [6.07, 6.45) is 1.55. The monoisotopic (exact) mass is 319 g/mol. The van der Waals surface area contributed by atoms with Crippen molar-refractivity contribution in [3.63, 3.8) is 0 Å². The number of aromatic nitrogens is 2. The van der Waals surface area contributed by atoms with Crippen LogP contribution in [-0.4, -0.2) is 15.7 Å². The van der Waals surface area contributed by atoms with E-state index in [2.05, 4.69) is 10.4 Å². The first-order chi connectivity index (χ1) is 10.6. The SMILES string of the molecule is O=C(Nc1ccnn1Cc1cccs1)c1cc(F)cc(F)c1. The normalized spacial score (nSPS) is 10.6. The minimum absolute atomic E-state index is 0.0821. The molecule has 22 heavy (non-hydrogen) atoms. The van der Waals surface area contributed by atoms with Crippen LogP contribution in [0.15, 0.2) is 48.0 Å². The number of anilines is 1. The molecule has 1 aromatic carbocycles. The molecule has 112 valence electrons. The second-order valence-electron chi connectivity index (χ2n) is 4.57. The van der Waals surface area contributed by atoms with Gasteiger partial charge in [-0.3, -0.25) is 4.79 Å². The van der Waals surface area contributed by atoms with Crippen LogP contribution in [0.4, 0.5) is 14.6 Å². The first-order valence-electron chi connectivity index (χ1n) is 6.43. The lowest BCUT2D eigenvalue weighted by molar-refractivity contribution is 0.102. The Morgan fingerprint density at radius 2 is 2.00 bits per heavy atom. The number of hydrogen-bond acceptors (Lipinski definition) is 3. The molecule has 2 heterocycles. The molecule has 0 saturated heterocycles. The zero-order chi connectivity index (χ0) is 15.5. The van der Waals surface area contributed by atoms with Crippen molar-refractivity contribution >= 4 is 23.1 Å². The number of carbonyl (C=O) groups is 1. The van der Waals surface area contributed by atoms with Gasteiger partial charge in [0.1, 0.15) is 17.5 Å². The largest absolute Gasteiger partial charge is 0.307 e. The lowest BCUT2D eigenvalue weighted by atomic mass is 10.2. The molecule has 3 aromatic rings. The molecule has 2 aromatic heterocycles. The summed E-state index contributed by atoms with van der Waals surface area (Å²) in [5.74, 6) is -1.72. The predicted molar refractivity (Wildman–Crippen MR) is 80.0 cm³/mol. The molecule has 0 aliphatic rings. The van der Waals surface area contributed by atoms with E-state index in [9.17, 15) is 13.6 Å². The van der Waals surface area contributed by atoms with Crippen molar-refractivity contribution in [2.24, 2.45) is 0 Å². The average molecular weight is 319 g/mol. The Kier molecular flexibility index (Phi) is 3.97. The van der Waals surface area contributed by atoms with Crippen LogP contribution in [0.2, 0.25) is 0 Å². The summed E-state index contributed by atoms with van der Waals surface area (Å²) >= 11 is 1.58. The third kappa shape index (κ3) is 3.20. The number of rotatable bonds is 4. The lowest BCUT2D eigenvalue weighted by Gasteiger charge is -2.08. The van der Waals surface area contributed by atoms with Crippen molar-refractivity contribution in [3.8, 4) is 0 Å². The maximum atomic E-state index is 13.2. The molecule has 0 atom stereocenters. The number of hydrogen-bond donors (Lipinski definition) is 1. The highest BCUT2D eigenvalue weighted by Crippen LogP contribution is 2.16. The summed E-state index contributed by atoms with van der Waals surface area (Å²) in [5.41, 5.74) is -0.0821. The minimum atomic E-state index is -0.794. The van der Waals surface area contributed by atoms with Crippen LogP contribution in [0.1, 0.15) is 15.2 Å². The number of amides is 1. The summed E-state index contributed by atoms with van der Waals surface area (Å²) in [7, 11) is 0. The van der Waals surface area contributed by atoms with Crippen molar-refractivity contribution in [2.45, 2.75) is 6.54 Å². The van der Waals surface area contributed by atoms with Gasteiger partial charge < -0.3 is 5.32 Å². The molecular weight excluding hydrogens is 308 g/mol. The molecule has 4 nitrogen and oxygen atoms in total. The van der Waals surface area contributed by atoms with Gasteiger partial charge in [0.25, 0.3) is 5.91 Å². The fourth-order valence-corrected chi connectivity index (χ4v) is 2.67. The number of benzene rings is 1. The molecule has 0 unspecified atom stereocenters. The number of halogens is 2. The van der Waals surface area contributed by atoms with Crippen molar-refractivity contribution in [1.82, 2.24) is 9.78 Å². The average Bonchev–Trinajstić information content (AvgIpc) is 3.11. The smallest absolute Gasteiger partial charge is 0.257 e. The second-order valence-corrected chi connectivity index (χ2v) is 5.60. The van der Waals surface area contributed by atoms with Crippen LogP contribution < -0.4 is 5.32 Å². The summed E-state index contributed by atoms with van der Waals surface area (Å²) < 4.78 is 27.9. The van der Waals surface area contributed by atoms with Gasteiger partial charge in [-0.2, -0.15) is 5.10 Å². The van der Waals surface area contributed by atoms with Crippen LogP contribution in [0.5, 0.6) is 0 Å². The molecule has 0 aliphatic carbocycles. The molecular formula is C15H11F2N3OS. The summed E-state index contributed by atoms with van der Waals surface area (Å²) in [5, 5.41) is 8.69. The molecule has 0 aliphatic heterocycles. The van der Waals surface area contributed by atoms with Gasteiger partial charge in [0.05, 0.1) is 12.7 Å². The molecule has 0 radical (unpaired) electrons. The Morgan fingerprint density at radius 1 is 1.23 bits per heavy atom. The van der Waals surface area contributed by atoms with E-state index >= 15 is 0 Å². The van der Waals surface area contributed by atoms with Crippen molar-refractivity contribution in [3.05, 3.63) is 70.1 Å². The Labute approximate surface area is 129 Å². The van der Waals surface area contributed by atoms with Crippen LogP contribution in [-0.2, 0) is 6.54 Å². The van der Waals surface area contributed by atoms with E-state index in [4.69, 9.17) is 0 Å². The predicted octanol–water partition coefficient (Wildman–Crippen LogP) is 3.52. The Morgan fingerprint density at radius 3 is 2.68 bits per heavy atom. The summed E-state index contributed by atoms with van der Waals surface area (Å²) in [4.78, 5) is 13.2. The first-order valence-corrected chi connectivity index (χ1v) is 7.31. The Balaban J connectivity index is 1.78.